The van der Waals surface area contributed by atoms with Crippen molar-refractivity contribution in [1.29, 1.82) is 0 Å². The molecule has 1 aliphatic rings. The second-order valence-electron chi connectivity index (χ2n) is 6.58. The summed E-state index contributed by atoms with van der Waals surface area (Å²) in [4.78, 5) is 8.68. The third-order valence-corrected chi connectivity index (χ3v) is 6.29. The van der Waals surface area contributed by atoms with E-state index in [0.717, 1.165) is 25.7 Å². The van der Waals surface area contributed by atoms with E-state index < -0.39 is 10.0 Å². The van der Waals surface area contributed by atoms with Crippen LogP contribution in [0, 0.1) is 0 Å². The fraction of sp³-hybridized carbons (Fsp3) is 0.333. The van der Waals surface area contributed by atoms with Crippen molar-refractivity contribution in [2.75, 3.05) is 10.5 Å². The zero-order valence-corrected chi connectivity index (χ0v) is 15.1. The number of benzene rings is 1. The highest BCUT2D eigenvalue weighted by molar-refractivity contribution is 7.93. The van der Waals surface area contributed by atoms with Crippen molar-refractivity contribution in [3.8, 4) is 0 Å². The number of para-hydroxylation sites is 1. The van der Waals surface area contributed by atoms with Crippen molar-refractivity contribution in [2.45, 2.75) is 43.0 Å². The number of rotatable bonds is 4. The lowest BCUT2D eigenvalue weighted by Crippen LogP contribution is -2.18. The quantitative estimate of drug-likeness (QED) is 0.732. The second kappa shape index (κ2) is 6.60. The third kappa shape index (κ3) is 2.90. The van der Waals surface area contributed by atoms with Gasteiger partial charge in [0.1, 0.15) is 11.3 Å². The van der Waals surface area contributed by atoms with Crippen LogP contribution >= 0.6 is 0 Å². The Balaban J connectivity index is 1.86. The van der Waals surface area contributed by atoms with Gasteiger partial charge in [0, 0.05) is 24.1 Å². The summed E-state index contributed by atoms with van der Waals surface area (Å²) in [5, 5.41) is 0. The molecule has 26 heavy (non-hydrogen) atoms. The molecule has 0 bridgehead atoms. The Morgan fingerprint density at radius 1 is 1.04 bits per heavy atom. The lowest BCUT2D eigenvalue weighted by atomic mass is 9.95. The molecule has 136 valence electrons. The van der Waals surface area contributed by atoms with Crippen LogP contribution in [-0.4, -0.2) is 23.0 Å². The molecule has 0 aliphatic heterocycles. The SMILES string of the molecule is Nc1c(S(=O)(=O)Nc2ccccc2)c2nccnc2n1C1CCCCC1. The zero-order chi connectivity index (χ0) is 18.1. The molecule has 0 atom stereocenters. The van der Waals surface area contributed by atoms with E-state index >= 15 is 0 Å². The number of hydrogen-bond acceptors (Lipinski definition) is 5. The maximum Gasteiger partial charge on any atom is 0.267 e. The summed E-state index contributed by atoms with van der Waals surface area (Å²) in [5.74, 6) is 0.210. The monoisotopic (exact) mass is 371 g/mol. The summed E-state index contributed by atoms with van der Waals surface area (Å²) in [6.07, 6.45) is 8.41. The minimum Gasteiger partial charge on any atom is -0.384 e. The van der Waals surface area contributed by atoms with Gasteiger partial charge in [-0.25, -0.2) is 18.4 Å². The smallest absolute Gasteiger partial charge is 0.267 e. The van der Waals surface area contributed by atoms with Crippen LogP contribution in [0.3, 0.4) is 0 Å². The first-order chi connectivity index (χ1) is 12.6. The third-order valence-electron chi connectivity index (χ3n) is 4.85. The number of nitrogens with two attached hydrogens (primary N) is 1. The van der Waals surface area contributed by atoms with Crippen LogP contribution in [-0.2, 0) is 10.0 Å². The van der Waals surface area contributed by atoms with Gasteiger partial charge in [-0.2, -0.15) is 0 Å². The number of aromatic nitrogens is 3. The predicted molar refractivity (Wildman–Crippen MR) is 101 cm³/mol. The summed E-state index contributed by atoms with van der Waals surface area (Å²) in [5.41, 5.74) is 7.68. The van der Waals surface area contributed by atoms with Crippen LogP contribution in [0.25, 0.3) is 11.2 Å². The average Bonchev–Trinajstić information content (AvgIpc) is 2.95. The summed E-state index contributed by atoms with van der Waals surface area (Å²) in [6.45, 7) is 0. The highest BCUT2D eigenvalue weighted by Gasteiger charge is 2.31. The van der Waals surface area contributed by atoms with E-state index in [0.29, 0.717) is 16.9 Å². The van der Waals surface area contributed by atoms with Crippen molar-refractivity contribution in [3.05, 3.63) is 42.7 Å². The number of hydrogen-bond donors (Lipinski definition) is 2. The first kappa shape index (κ1) is 16.8. The summed E-state index contributed by atoms with van der Waals surface area (Å²) >= 11 is 0. The summed E-state index contributed by atoms with van der Waals surface area (Å²) in [7, 11) is -3.89. The van der Waals surface area contributed by atoms with E-state index in [2.05, 4.69) is 14.7 Å². The van der Waals surface area contributed by atoms with Gasteiger partial charge < -0.3 is 10.3 Å². The molecule has 0 amide bonds. The standard InChI is InChI=1S/C18H21N5O2S/c19-17-16(26(24,25)22-13-7-3-1-4-8-13)15-18(21-12-11-20-15)23(17)14-9-5-2-6-10-14/h1,3-4,7-8,11-12,14,22H,2,5-6,9-10,19H2. The van der Waals surface area contributed by atoms with Crippen molar-refractivity contribution >= 4 is 32.7 Å². The number of nitrogens with zero attached hydrogens (tertiary/aromatic N) is 3. The van der Waals surface area contributed by atoms with E-state index in [1.54, 1.807) is 30.5 Å². The molecule has 1 aromatic carbocycles. The molecule has 0 unspecified atom stereocenters. The van der Waals surface area contributed by atoms with Crippen LogP contribution in [0.5, 0.6) is 0 Å². The second-order valence-corrected chi connectivity index (χ2v) is 8.20. The molecule has 1 saturated carbocycles. The van der Waals surface area contributed by atoms with Crippen LogP contribution < -0.4 is 10.5 Å². The molecule has 7 nitrogen and oxygen atoms in total. The van der Waals surface area contributed by atoms with Gasteiger partial charge in [0.2, 0.25) is 0 Å². The molecule has 2 heterocycles. The summed E-state index contributed by atoms with van der Waals surface area (Å²) < 4.78 is 30.6. The Morgan fingerprint density at radius 2 is 1.73 bits per heavy atom. The fourth-order valence-corrected chi connectivity index (χ4v) is 5.02. The molecule has 0 saturated heterocycles. The van der Waals surface area contributed by atoms with Gasteiger partial charge in [-0.3, -0.25) is 4.72 Å². The Kier molecular flexibility index (Phi) is 4.28. The van der Waals surface area contributed by atoms with E-state index in [4.69, 9.17) is 5.73 Å². The molecule has 0 spiro atoms. The molecule has 1 fully saturated rings. The molecule has 3 aromatic rings. The number of fused-ring (bicyclic) bond motifs is 1. The van der Waals surface area contributed by atoms with Crippen molar-refractivity contribution < 1.29 is 8.42 Å². The average molecular weight is 371 g/mol. The van der Waals surface area contributed by atoms with Crippen LogP contribution in [0.2, 0.25) is 0 Å². The first-order valence-corrected chi connectivity index (χ1v) is 10.2. The van der Waals surface area contributed by atoms with Crippen molar-refractivity contribution in [3.63, 3.8) is 0 Å². The van der Waals surface area contributed by atoms with Gasteiger partial charge in [0.05, 0.1) is 0 Å². The Hall–Kier alpha value is -2.61. The lowest BCUT2D eigenvalue weighted by molar-refractivity contribution is 0.362. The molecular formula is C18H21N5O2S. The highest BCUT2D eigenvalue weighted by atomic mass is 32.2. The first-order valence-electron chi connectivity index (χ1n) is 8.76. The lowest BCUT2D eigenvalue weighted by Gasteiger charge is -2.24. The minimum atomic E-state index is -3.89. The molecule has 8 heteroatoms. The molecule has 4 rings (SSSR count). The van der Waals surface area contributed by atoms with Gasteiger partial charge in [-0.15, -0.1) is 0 Å². The van der Waals surface area contributed by atoms with Crippen molar-refractivity contribution in [1.82, 2.24) is 14.5 Å². The Bertz CT molecular complexity index is 1020. The van der Waals surface area contributed by atoms with E-state index in [1.165, 1.54) is 12.6 Å². The van der Waals surface area contributed by atoms with E-state index in [9.17, 15) is 8.42 Å². The Labute approximate surface area is 152 Å². The van der Waals surface area contributed by atoms with Gasteiger partial charge >= 0.3 is 0 Å². The van der Waals surface area contributed by atoms with Gasteiger partial charge in [-0.05, 0) is 25.0 Å². The minimum absolute atomic E-state index is 0.00928. The number of sulfonamides is 1. The largest absolute Gasteiger partial charge is 0.384 e. The number of nitrogen functional groups attached to an aromatic ring is 1. The Morgan fingerprint density at radius 3 is 2.46 bits per heavy atom. The van der Waals surface area contributed by atoms with Crippen LogP contribution in [0.1, 0.15) is 38.1 Å². The van der Waals surface area contributed by atoms with E-state index in [1.807, 2.05) is 10.6 Å². The normalized spacial score (nSPS) is 16.0. The maximum absolute atomic E-state index is 13.1. The van der Waals surface area contributed by atoms with Crippen LogP contribution in [0.15, 0.2) is 47.6 Å². The maximum atomic E-state index is 13.1. The zero-order valence-electron chi connectivity index (χ0n) is 14.3. The molecule has 3 N–H and O–H groups in total. The van der Waals surface area contributed by atoms with E-state index in [-0.39, 0.29) is 16.8 Å². The van der Waals surface area contributed by atoms with Gasteiger partial charge in [0.25, 0.3) is 10.0 Å². The van der Waals surface area contributed by atoms with Gasteiger partial charge in [-0.1, -0.05) is 37.5 Å². The van der Waals surface area contributed by atoms with Gasteiger partial charge in [0.15, 0.2) is 10.5 Å². The fourth-order valence-electron chi connectivity index (χ4n) is 3.70. The molecule has 1 aliphatic carbocycles. The topological polar surface area (TPSA) is 103 Å². The summed E-state index contributed by atoms with van der Waals surface area (Å²) in [6, 6.07) is 8.91. The number of nitrogens with one attached hydrogen (secondary N) is 1. The predicted octanol–water partition coefficient (Wildman–Crippen LogP) is 3.32. The molecular weight excluding hydrogens is 350 g/mol. The highest BCUT2D eigenvalue weighted by Crippen LogP contribution is 2.38. The molecule has 0 radical (unpaired) electrons. The molecule has 2 aromatic heterocycles. The number of anilines is 2. The van der Waals surface area contributed by atoms with Crippen molar-refractivity contribution in [2.24, 2.45) is 0 Å². The van der Waals surface area contributed by atoms with Crippen LogP contribution in [0.4, 0.5) is 11.5 Å².